The second-order valence-electron chi connectivity index (χ2n) is 6.91. The Morgan fingerprint density at radius 2 is 1.88 bits per heavy atom. The smallest absolute Gasteiger partial charge is 0.266 e. The van der Waals surface area contributed by atoms with Gasteiger partial charge in [-0.15, -0.1) is 13.2 Å². The van der Waals surface area contributed by atoms with Gasteiger partial charge >= 0.3 is 0 Å². The summed E-state index contributed by atoms with van der Waals surface area (Å²) in [5.41, 5.74) is 1.87. The lowest BCUT2D eigenvalue weighted by molar-refractivity contribution is -0.121. The summed E-state index contributed by atoms with van der Waals surface area (Å²) >= 11 is 10.1. The van der Waals surface area contributed by atoms with Crippen molar-refractivity contribution in [1.82, 2.24) is 4.90 Å². The van der Waals surface area contributed by atoms with E-state index in [1.54, 1.807) is 19.3 Å². The molecule has 0 spiro atoms. The van der Waals surface area contributed by atoms with Gasteiger partial charge in [-0.3, -0.25) is 9.69 Å². The molecule has 1 heterocycles. The van der Waals surface area contributed by atoms with Crippen LogP contribution in [0.4, 0.5) is 0 Å². The quantitative estimate of drug-likeness (QED) is 0.149. The van der Waals surface area contributed by atoms with Crippen molar-refractivity contribution in [2.45, 2.75) is 6.42 Å². The number of benzene rings is 2. The molecule has 33 heavy (non-hydrogen) atoms. The predicted molar refractivity (Wildman–Crippen MR) is 142 cm³/mol. The van der Waals surface area contributed by atoms with Crippen molar-refractivity contribution in [3.8, 4) is 17.2 Å². The molecule has 0 radical (unpaired) electrons. The third kappa shape index (κ3) is 6.28. The Kier molecular flexibility index (Phi) is 9.17. The minimum Gasteiger partial charge on any atom is -0.493 e. The summed E-state index contributed by atoms with van der Waals surface area (Å²) in [7, 11) is 1.57. The first-order chi connectivity index (χ1) is 16.0. The van der Waals surface area contributed by atoms with Crippen LogP contribution < -0.4 is 14.2 Å². The Bertz CT molecular complexity index is 1100. The van der Waals surface area contributed by atoms with Gasteiger partial charge in [-0.2, -0.15) is 0 Å². The van der Waals surface area contributed by atoms with E-state index in [4.69, 9.17) is 26.4 Å². The fraction of sp³-hybridized carbons (Fsp3) is 0.200. The number of methoxy groups -OCH3 is 1. The van der Waals surface area contributed by atoms with Gasteiger partial charge in [0.15, 0.2) is 11.5 Å². The molecule has 1 aliphatic heterocycles. The number of thioether (sulfide) groups is 1. The zero-order valence-corrected chi connectivity index (χ0v) is 21.4. The Labute approximate surface area is 212 Å². The minimum absolute atomic E-state index is 0.130. The molecule has 1 saturated heterocycles. The largest absolute Gasteiger partial charge is 0.493 e. The number of thiocarbonyl (C=S) groups is 1. The van der Waals surface area contributed by atoms with Crippen molar-refractivity contribution in [2.75, 3.05) is 26.9 Å². The van der Waals surface area contributed by atoms with Gasteiger partial charge in [0.1, 0.15) is 23.3 Å². The maximum absolute atomic E-state index is 12.6. The van der Waals surface area contributed by atoms with Gasteiger partial charge in [-0.1, -0.05) is 54.3 Å². The number of nitrogens with zero attached hydrogens (tertiary/aromatic N) is 1. The van der Waals surface area contributed by atoms with E-state index in [-0.39, 0.29) is 5.91 Å². The number of amides is 1. The monoisotopic (exact) mass is 545 g/mol. The van der Waals surface area contributed by atoms with Crippen molar-refractivity contribution >= 4 is 56.2 Å². The third-order valence-corrected chi connectivity index (χ3v) is 6.63. The number of halogens is 1. The second-order valence-corrected chi connectivity index (χ2v) is 9.44. The summed E-state index contributed by atoms with van der Waals surface area (Å²) in [6.07, 6.45) is 6.03. The van der Waals surface area contributed by atoms with Crippen LogP contribution in [0.1, 0.15) is 11.1 Å². The van der Waals surface area contributed by atoms with Gasteiger partial charge in [0.05, 0.1) is 16.5 Å². The molecule has 1 amide bonds. The topological polar surface area (TPSA) is 48.0 Å². The summed E-state index contributed by atoms with van der Waals surface area (Å²) in [6, 6.07) is 11.6. The van der Waals surface area contributed by atoms with Crippen LogP contribution in [0.5, 0.6) is 17.2 Å². The normalized spacial score (nSPS) is 14.5. The minimum atomic E-state index is -0.130. The van der Waals surface area contributed by atoms with Crippen LogP contribution in [-0.4, -0.2) is 42.0 Å². The molecule has 1 aliphatic rings. The van der Waals surface area contributed by atoms with E-state index in [1.807, 2.05) is 42.5 Å². The van der Waals surface area contributed by atoms with E-state index < -0.39 is 0 Å². The standard InChI is InChI=1S/C25H24BrNO4S2/c1-4-8-18-9-6-7-10-20(18)30-12-13-31-23-19(26)14-17(15-21(23)29-3)16-22-24(28)27(11-5-2)25(32)33-22/h4-7,9-10,14-16H,1-2,8,11-13H2,3H3/b22-16-. The summed E-state index contributed by atoms with van der Waals surface area (Å²) in [4.78, 5) is 14.7. The van der Waals surface area contributed by atoms with E-state index >= 15 is 0 Å². The van der Waals surface area contributed by atoms with Crippen LogP contribution in [0.3, 0.4) is 0 Å². The highest BCUT2D eigenvalue weighted by Gasteiger charge is 2.31. The van der Waals surface area contributed by atoms with Gasteiger partial charge in [-0.05, 0) is 57.8 Å². The van der Waals surface area contributed by atoms with Crippen LogP contribution in [0, 0.1) is 0 Å². The Hall–Kier alpha value is -2.55. The second kappa shape index (κ2) is 12.1. The molecule has 0 unspecified atom stereocenters. The summed E-state index contributed by atoms with van der Waals surface area (Å²) in [5, 5.41) is 0. The number of hydrogen-bond donors (Lipinski definition) is 0. The molecular weight excluding hydrogens is 522 g/mol. The molecular formula is C25H24BrNO4S2. The molecule has 8 heteroatoms. The number of ether oxygens (including phenoxy) is 3. The molecule has 5 nitrogen and oxygen atoms in total. The highest BCUT2D eigenvalue weighted by molar-refractivity contribution is 9.10. The average Bonchev–Trinajstić information content (AvgIpc) is 3.06. The number of allylic oxidation sites excluding steroid dienone is 1. The van der Waals surface area contributed by atoms with Crippen molar-refractivity contribution in [2.24, 2.45) is 0 Å². The van der Waals surface area contributed by atoms with Gasteiger partial charge in [0.2, 0.25) is 0 Å². The fourth-order valence-electron chi connectivity index (χ4n) is 3.17. The number of carbonyl (C=O) groups is 1. The molecule has 2 aromatic carbocycles. The first kappa shape index (κ1) is 25.1. The maximum atomic E-state index is 12.6. The van der Waals surface area contributed by atoms with Gasteiger partial charge in [0.25, 0.3) is 5.91 Å². The number of rotatable bonds is 11. The van der Waals surface area contributed by atoms with Crippen molar-refractivity contribution in [3.63, 3.8) is 0 Å². The van der Waals surface area contributed by atoms with E-state index in [0.29, 0.717) is 45.0 Å². The maximum Gasteiger partial charge on any atom is 0.266 e. The summed E-state index contributed by atoms with van der Waals surface area (Å²) < 4.78 is 18.6. The van der Waals surface area contributed by atoms with Crippen LogP contribution in [0.2, 0.25) is 0 Å². The SMILES string of the molecule is C=CCc1ccccc1OCCOc1c(Br)cc(/C=C2\SC(=S)N(CC=C)C2=O)cc1OC. The summed E-state index contributed by atoms with van der Waals surface area (Å²) in [5.74, 6) is 1.80. The number of para-hydroxylation sites is 1. The Morgan fingerprint density at radius 1 is 1.12 bits per heavy atom. The summed E-state index contributed by atoms with van der Waals surface area (Å²) in [6.45, 7) is 8.55. The molecule has 1 fully saturated rings. The first-order valence-electron chi connectivity index (χ1n) is 10.2. The van der Waals surface area contributed by atoms with Crippen LogP contribution in [0.25, 0.3) is 6.08 Å². The zero-order chi connectivity index (χ0) is 23.8. The molecule has 0 aliphatic carbocycles. The average molecular weight is 547 g/mol. The van der Waals surface area contributed by atoms with Crippen LogP contribution >= 0.6 is 39.9 Å². The van der Waals surface area contributed by atoms with Crippen LogP contribution in [-0.2, 0) is 11.2 Å². The van der Waals surface area contributed by atoms with Crippen molar-refractivity contribution in [3.05, 3.63) is 82.2 Å². The molecule has 0 atom stereocenters. The van der Waals surface area contributed by atoms with E-state index in [1.165, 1.54) is 16.7 Å². The van der Waals surface area contributed by atoms with Crippen molar-refractivity contribution < 1.29 is 19.0 Å². The zero-order valence-electron chi connectivity index (χ0n) is 18.2. The van der Waals surface area contributed by atoms with E-state index in [0.717, 1.165) is 23.3 Å². The first-order valence-corrected chi connectivity index (χ1v) is 12.2. The molecule has 0 aromatic heterocycles. The van der Waals surface area contributed by atoms with Crippen molar-refractivity contribution in [1.29, 1.82) is 0 Å². The highest BCUT2D eigenvalue weighted by atomic mass is 79.9. The van der Waals surface area contributed by atoms with Gasteiger partial charge in [0, 0.05) is 6.54 Å². The van der Waals surface area contributed by atoms with Gasteiger partial charge in [-0.25, -0.2) is 0 Å². The lowest BCUT2D eigenvalue weighted by Crippen LogP contribution is -2.27. The Morgan fingerprint density at radius 3 is 2.61 bits per heavy atom. The van der Waals surface area contributed by atoms with Crippen LogP contribution in [0.15, 0.2) is 71.1 Å². The highest BCUT2D eigenvalue weighted by Crippen LogP contribution is 2.39. The van der Waals surface area contributed by atoms with E-state index in [9.17, 15) is 4.79 Å². The lowest BCUT2D eigenvalue weighted by atomic mass is 10.1. The predicted octanol–water partition coefficient (Wildman–Crippen LogP) is 6.03. The third-order valence-electron chi connectivity index (χ3n) is 4.66. The fourth-order valence-corrected chi connectivity index (χ4v) is 5.01. The van der Waals surface area contributed by atoms with E-state index in [2.05, 4.69) is 29.1 Å². The molecule has 0 N–H and O–H groups in total. The molecule has 0 bridgehead atoms. The molecule has 3 rings (SSSR count). The lowest BCUT2D eigenvalue weighted by Gasteiger charge is -2.15. The molecule has 2 aromatic rings. The number of carbonyl (C=O) groups excluding carboxylic acids is 1. The molecule has 0 saturated carbocycles. The van der Waals surface area contributed by atoms with Gasteiger partial charge < -0.3 is 14.2 Å². The Balaban J connectivity index is 1.69. The molecule has 172 valence electrons. The number of hydrogen-bond acceptors (Lipinski definition) is 6.